The maximum Gasteiger partial charge on any atom is 0.202 e. The number of allylic oxidation sites excluding steroid dienone is 2. The molecule has 6 unspecified atom stereocenters. The van der Waals surface area contributed by atoms with Crippen LogP contribution in [0.1, 0.15) is 41.4 Å². The molecule has 2 saturated carbocycles. The fourth-order valence-corrected chi connectivity index (χ4v) is 6.88. The summed E-state index contributed by atoms with van der Waals surface area (Å²) in [6.45, 7) is 1.96. The lowest BCUT2D eigenvalue weighted by molar-refractivity contribution is 0.298. The molecule has 0 amide bonds. The number of aromatic nitrogens is 1. The minimum atomic E-state index is 0.232. The van der Waals surface area contributed by atoms with Crippen LogP contribution >= 0.6 is 11.6 Å². The van der Waals surface area contributed by atoms with E-state index in [9.17, 15) is 10.2 Å². The van der Waals surface area contributed by atoms with Crippen LogP contribution in [0.15, 0.2) is 30.4 Å². The molecule has 0 spiro atoms. The van der Waals surface area contributed by atoms with E-state index in [1.54, 1.807) is 10.6 Å². The normalized spacial score (nSPS) is 36.2. The topological polar surface area (TPSA) is 45.4 Å². The Morgan fingerprint density at radius 2 is 1.56 bits per heavy atom. The van der Waals surface area contributed by atoms with Crippen molar-refractivity contribution in [1.82, 2.24) is 4.57 Å². The summed E-state index contributed by atoms with van der Waals surface area (Å²) >= 11 is 6.08. The SMILES string of the molecule is Cc1cc(Cl)ccc1-n1c(O)c2c(c1O)C1CC2C2C3C=CC(C3)C12. The summed E-state index contributed by atoms with van der Waals surface area (Å²) in [5.41, 5.74) is 3.78. The van der Waals surface area contributed by atoms with Crippen molar-refractivity contribution in [2.45, 2.75) is 31.6 Å². The maximum atomic E-state index is 11.0. The Kier molecular flexibility index (Phi) is 2.55. The first-order valence-electron chi connectivity index (χ1n) is 9.17. The minimum Gasteiger partial charge on any atom is -0.494 e. The van der Waals surface area contributed by atoms with Gasteiger partial charge in [0.15, 0.2) is 0 Å². The number of benzene rings is 1. The summed E-state index contributed by atoms with van der Waals surface area (Å²) < 4.78 is 1.63. The highest BCUT2D eigenvalue weighted by molar-refractivity contribution is 6.30. The summed E-state index contributed by atoms with van der Waals surface area (Å²) in [6.07, 6.45) is 7.15. The Balaban J connectivity index is 1.55. The highest BCUT2D eigenvalue weighted by Gasteiger charge is 2.62. The second kappa shape index (κ2) is 4.45. The number of aryl methyl sites for hydroxylation is 1. The fourth-order valence-electron chi connectivity index (χ4n) is 6.65. The summed E-state index contributed by atoms with van der Waals surface area (Å²) in [4.78, 5) is 0. The van der Waals surface area contributed by atoms with Gasteiger partial charge < -0.3 is 10.2 Å². The van der Waals surface area contributed by atoms with Crippen LogP contribution in [-0.4, -0.2) is 14.8 Å². The Hall–Kier alpha value is -1.87. The van der Waals surface area contributed by atoms with Crippen LogP contribution in [0.4, 0.5) is 0 Å². The van der Waals surface area contributed by atoms with E-state index < -0.39 is 0 Å². The molecule has 2 aromatic rings. The maximum absolute atomic E-state index is 11.0. The van der Waals surface area contributed by atoms with Crippen molar-refractivity contribution in [1.29, 1.82) is 0 Å². The van der Waals surface area contributed by atoms with Crippen LogP contribution in [0.5, 0.6) is 11.8 Å². The van der Waals surface area contributed by atoms with Gasteiger partial charge in [-0.3, -0.25) is 4.57 Å². The molecule has 4 aliphatic carbocycles. The molecule has 4 heteroatoms. The summed E-state index contributed by atoms with van der Waals surface area (Å²) in [7, 11) is 0. The largest absolute Gasteiger partial charge is 0.494 e. The highest BCUT2D eigenvalue weighted by atomic mass is 35.5. The van der Waals surface area contributed by atoms with E-state index in [-0.39, 0.29) is 11.8 Å². The van der Waals surface area contributed by atoms with Gasteiger partial charge in [-0.1, -0.05) is 23.8 Å². The van der Waals surface area contributed by atoms with Gasteiger partial charge in [0.2, 0.25) is 11.8 Å². The number of rotatable bonds is 1. The van der Waals surface area contributed by atoms with Crippen molar-refractivity contribution in [2.75, 3.05) is 0 Å². The molecule has 4 bridgehead atoms. The molecule has 4 aliphatic rings. The van der Waals surface area contributed by atoms with Gasteiger partial charge in [-0.2, -0.15) is 0 Å². The van der Waals surface area contributed by atoms with E-state index in [1.807, 2.05) is 19.1 Å². The van der Waals surface area contributed by atoms with E-state index in [1.165, 1.54) is 6.42 Å². The number of hydrogen-bond donors (Lipinski definition) is 2. The lowest BCUT2D eigenvalue weighted by Gasteiger charge is -2.31. The molecule has 6 atom stereocenters. The second-order valence-electron chi connectivity index (χ2n) is 8.29. The van der Waals surface area contributed by atoms with Gasteiger partial charge in [0, 0.05) is 16.1 Å². The third-order valence-corrected chi connectivity index (χ3v) is 7.59. The van der Waals surface area contributed by atoms with Crippen LogP contribution in [0.25, 0.3) is 5.69 Å². The Labute approximate surface area is 151 Å². The first-order valence-corrected chi connectivity index (χ1v) is 9.55. The van der Waals surface area contributed by atoms with Gasteiger partial charge in [-0.15, -0.1) is 0 Å². The molecule has 0 aliphatic heterocycles. The molecule has 0 radical (unpaired) electrons. The van der Waals surface area contributed by atoms with Gasteiger partial charge in [-0.25, -0.2) is 0 Å². The molecule has 128 valence electrons. The molecular weight excluding hydrogens is 334 g/mol. The quantitative estimate of drug-likeness (QED) is 0.567. The third-order valence-electron chi connectivity index (χ3n) is 7.36. The number of aromatic hydroxyl groups is 2. The molecule has 1 heterocycles. The van der Waals surface area contributed by atoms with Crippen molar-refractivity contribution >= 4 is 11.6 Å². The zero-order valence-electron chi connectivity index (χ0n) is 14.0. The smallest absolute Gasteiger partial charge is 0.202 e. The lowest BCUT2D eigenvalue weighted by atomic mass is 9.72. The molecular formula is C21H20ClNO2. The van der Waals surface area contributed by atoms with Crippen molar-refractivity contribution in [3.63, 3.8) is 0 Å². The number of hydrogen-bond acceptors (Lipinski definition) is 2. The molecule has 3 nitrogen and oxygen atoms in total. The molecule has 2 N–H and O–H groups in total. The van der Waals surface area contributed by atoms with Crippen LogP contribution < -0.4 is 0 Å². The third kappa shape index (κ3) is 1.55. The number of halogens is 1. The van der Waals surface area contributed by atoms with Crippen molar-refractivity contribution < 1.29 is 10.2 Å². The van der Waals surface area contributed by atoms with Gasteiger partial charge in [0.1, 0.15) is 0 Å². The van der Waals surface area contributed by atoms with Crippen molar-refractivity contribution in [2.24, 2.45) is 23.7 Å². The molecule has 1 aromatic heterocycles. The summed E-state index contributed by atoms with van der Waals surface area (Å²) in [6, 6.07) is 5.55. The van der Waals surface area contributed by atoms with Crippen LogP contribution in [0.3, 0.4) is 0 Å². The number of fused-ring (bicyclic) bond motifs is 12. The zero-order valence-corrected chi connectivity index (χ0v) is 14.7. The fraction of sp³-hybridized carbons (Fsp3) is 0.429. The van der Waals surface area contributed by atoms with Crippen molar-refractivity contribution in [3.05, 3.63) is 52.1 Å². The van der Waals surface area contributed by atoms with E-state index >= 15 is 0 Å². The predicted octanol–water partition coefficient (Wildman–Crippen LogP) is 4.87. The number of nitrogens with zero attached hydrogens (tertiary/aromatic N) is 1. The minimum absolute atomic E-state index is 0.232. The van der Waals surface area contributed by atoms with E-state index in [0.29, 0.717) is 40.5 Å². The monoisotopic (exact) mass is 353 g/mol. The first-order chi connectivity index (χ1) is 12.1. The predicted molar refractivity (Wildman–Crippen MR) is 96.7 cm³/mol. The van der Waals surface area contributed by atoms with E-state index in [2.05, 4.69) is 12.2 Å². The standard InChI is InChI=1S/C21H20ClNO2/c1-9-6-12(22)4-5-15(9)23-20(24)18-13-8-14(19(18)21(23)25)17-11-3-2-10(7-11)16(13)17/h2-6,10-11,13-14,16-17,24-25H,7-8H2,1H3. The Morgan fingerprint density at radius 1 is 0.960 bits per heavy atom. The van der Waals surface area contributed by atoms with Gasteiger partial charge in [-0.05, 0) is 79.0 Å². The Morgan fingerprint density at radius 3 is 2.12 bits per heavy atom. The molecule has 1 aromatic carbocycles. The van der Waals surface area contributed by atoms with Gasteiger partial charge >= 0.3 is 0 Å². The highest BCUT2D eigenvalue weighted by Crippen LogP contribution is 2.72. The molecule has 0 saturated heterocycles. The average molecular weight is 354 g/mol. The average Bonchev–Trinajstić information content (AvgIpc) is 3.35. The second-order valence-corrected chi connectivity index (χ2v) is 8.73. The summed E-state index contributed by atoms with van der Waals surface area (Å²) in [5.74, 6) is 3.89. The van der Waals surface area contributed by atoms with E-state index in [0.717, 1.165) is 28.8 Å². The van der Waals surface area contributed by atoms with Crippen LogP contribution in [0.2, 0.25) is 5.02 Å². The zero-order chi connectivity index (χ0) is 17.0. The van der Waals surface area contributed by atoms with Gasteiger partial charge in [0.05, 0.1) is 5.69 Å². The van der Waals surface area contributed by atoms with Crippen LogP contribution in [-0.2, 0) is 0 Å². The molecule has 2 fully saturated rings. The molecule has 25 heavy (non-hydrogen) atoms. The lowest BCUT2D eigenvalue weighted by Crippen LogP contribution is -2.24. The van der Waals surface area contributed by atoms with Gasteiger partial charge in [0.25, 0.3) is 0 Å². The first kappa shape index (κ1) is 14.3. The molecule has 6 rings (SSSR count). The van der Waals surface area contributed by atoms with Crippen LogP contribution in [0, 0.1) is 30.6 Å². The van der Waals surface area contributed by atoms with Crippen molar-refractivity contribution in [3.8, 4) is 17.4 Å². The Bertz CT molecular complexity index is 912. The summed E-state index contributed by atoms with van der Waals surface area (Å²) in [5, 5.41) is 22.7. The van der Waals surface area contributed by atoms with E-state index in [4.69, 9.17) is 11.6 Å².